The van der Waals surface area contributed by atoms with E-state index < -0.39 is 24.2 Å². The van der Waals surface area contributed by atoms with Gasteiger partial charge in [-0.05, 0) is 61.6 Å². The highest BCUT2D eigenvalue weighted by Crippen LogP contribution is 2.45. The number of esters is 1. The first kappa shape index (κ1) is 36.5. The zero-order valence-corrected chi connectivity index (χ0v) is 28.3. The number of fused-ring (bicyclic) bond motifs is 1. The van der Waals surface area contributed by atoms with Crippen molar-refractivity contribution in [1.82, 2.24) is 9.47 Å². The number of likely N-dealkylation sites (tertiary alicyclic amines) is 1. The molecule has 4 aromatic rings. The number of hydrogen-bond acceptors (Lipinski definition) is 8. The molecule has 2 heterocycles. The van der Waals surface area contributed by atoms with E-state index in [1.807, 2.05) is 30.3 Å². The molecule has 5 rings (SSSR count). The minimum absolute atomic E-state index is 0.147. The second-order valence-corrected chi connectivity index (χ2v) is 12.3. The van der Waals surface area contributed by atoms with E-state index in [9.17, 15) is 27.9 Å². The summed E-state index contributed by atoms with van der Waals surface area (Å²) in [4.78, 5) is 25.4. The molecule has 1 aliphatic rings. The number of primary amides is 1. The lowest BCUT2D eigenvalue weighted by molar-refractivity contribution is -0.272. The summed E-state index contributed by atoms with van der Waals surface area (Å²) < 4.78 is 69.0. The van der Waals surface area contributed by atoms with Crippen molar-refractivity contribution in [1.29, 1.82) is 0 Å². The van der Waals surface area contributed by atoms with E-state index in [0.29, 0.717) is 48.6 Å². The van der Waals surface area contributed by atoms with Gasteiger partial charge in [-0.3, -0.25) is 14.5 Å². The number of amides is 1. The number of rotatable bonds is 14. The fraction of sp³-hybridized carbons (Fsp3) is 0.405. The van der Waals surface area contributed by atoms with E-state index in [4.69, 9.17) is 24.7 Å². The predicted octanol–water partition coefficient (Wildman–Crippen LogP) is 5.59. The highest BCUT2D eigenvalue weighted by Gasteiger charge is 2.57. The number of alkyl halides is 3. The standard InChI is InChI=1S/C37H42F3N3O7/c1-4-49-33(44)13-10-25-18-31(47-2)34(32(19-25)48-3)50-27-14-16-42(17-15-27)23-36(46,37(38,39)40)29-22-43(21-24-8-6-5-7-9-24)30-20-26(35(41)45)11-12-28(29)30/h5-9,11-12,18-20,22,27,46H,4,10,13-17,21,23H2,1-3H3,(H2,41,45). The highest BCUT2D eigenvalue weighted by molar-refractivity contribution is 5.98. The van der Waals surface area contributed by atoms with Crippen molar-refractivity contribution in [3.63, 3.8) is 0 Å². The molecule has 10 nitrogen and oxygen atoms in total. The zero-order chi connectivity index (χ0) is 36.1. The number of aliphatic hydroxyl groups is 1. The molecule has 3 aromatic carbocycles. The van der Waals surface area contributed by atoms with Crippen molar-refractivity contribution in [3.05, 3.63) is 89.1 Å². The third-order valence-electron chi connectivity index (χ3n) is 8.99. The van der Waals surface area contributed by atoms with Crippen LogP contribution in [0.2, 0.25) is 0 Å². The van der Waals surface area contributed by atoms with Crippen molar-refractivity contribution in [2.75, 3.05) is 40.5 Å². The lowest BCUT2D eigenvalue weighted by Crippen LogP contribution is -2.53. The maximum atomic E-state index is 15.0. The Bertz CT molecular complexity index is 1780. The summed E-state index contributed by atoms with van der Waals surface area (Å²) in [6, 6.07) is 16.9. The van der Waals surface area contributed by atoms with Gasteiger partial charge in [0, 0.05) is 60.8 Å². The molecule has 50 heavy (non-hydrogen) atoms. The van der Waals surface area contributed by atoms with Gasteiger partial charge < -0.3 is 34.4 Å². The smallest absolute Gasteiger partial charge is 0.422 e. The number of aryl methyl sites for hydroxylation is 1. The molecule has 1 saturated heterocycles. The quantitative estimate of drug-likeness (QED) is 0.163. The van der Waals surface area contributed by atoms with Gasteiger partial charge in [0.05, 0.1) is 20.8 Å². The van der Waals surface area contributed by atoms with Gasteiger partial charge in [0.15, 0.2) is 11.5 Å². The number of aromatic nitrogens is 1. The third-order valence-corrected chi connectivity index (χ3v) is 8.99. The Morgan fingerprint density at radius 3 is 2.20 bits per heavy atom. The average molecular weight is 698 g/mol. The Balaban J connectivity index is 1.35. The van der Waals surface area contributed by atoms with Crippen molar-refractivity contribution < 1.29 is 46.8 Å². The van der Waals surface area contributed by atoms with Gasteiger partial charge in [-0.15, -0.1) is 0 Å². The second kappa shape index (κ2) is 15.4. The van der Waals surface area contributed by atoms with Crippen LogP contribution in [-0.2, 0) is 28.1 Å². The van der Waals surface area contributed by atoms with Crippen LogP contribution in [0.5, 0.6) is 17.2 Å². The first-order chi connectivity index (χ1) is 23.9. The third kappa shape index (κ3) is 8.00. The topological polar surface area (TPSA) is 125 Å². The molecule has 0 spiro atoms. The lowest BCUT2D eigenvalue weighted by atomic mass is 9.90. The number of hydrogen-bond donors (Lipinski definition) is 2. The molecule has 3 N–H and O–H groups in total. The number of ether oxygens (including phenoxy) is 4. The van der Waals surface area contributed by atoms with Crippen molar-refractivity contribution in [2.24, 2.45) is 5.73 Å². The number of benzene rings is 3. The van der Waals surface area contributed by atoms with Crippen LogP contribution in [0.25, 0.3) is 10.9 Å². The fourth-order valence-corrected chi connectivity index (χ4v) is 6.36. The summed E-state index contributed by atoms with van der Waals surface area (Å²) >= 11 is 0. The largest absolute Gasteiger partial charge is 0.493 e. The van der Waals surface area contributed by atoms with Crippen LogP contribution < -0.4 is 19.9 Å². The Hall–Kier alpha value is -4.75. The number of carbonyl (C=O) groups excluding carboxylic acids is 2. The van der Waals surface area contributed by atoms with E-state index in [2.05, 4.69) is 0 Å². The lowest BCUT2D eigenvalue weighted by Gasteiger charge is -2.39. The Morgan fingerprint density at radius 1 is 0.960 bits per heavy atom. The summed E-state index contributed by atoms with van der Waals surface area (Å²) in [6.45, 7) is 2.00. The van der Waals surface area contributed by atoms with Gasteiger partial charge in [-0.1, -0.05) is 36.4 Å². The molecule has 1 fully saturated rings. The van der Waals surface area contributed by atoms with E-state index in [1.54, 1.807) is 28.5 Å². The molecule has 1 amide bonds. The van der Waals surface area contributed by atoms with Gasteiger partial charge >= 0.3 is 12.1 Å². The number of carbonyl (C=O) groups is 2. The number of nitrogens with zero attached hydrogens (tertiary/aromatic N) is 2. The van der Waals surface area contributed by atoms with Crippen molar-refractivity contribution in [2.45, 2.75) is 57.0 Å². The molecule has 268 valence electrons. The molecule has 1 unspecified atom stereocenters. The number of β-amino-alcohol motifs (C(OH)–C–C–N with tert-alkyl or cyclic N) is 1. The summed E-state index contributed by atoms with van der Waals surface area (Å²) in [6.07, 6.45) is -2.72. The van der Waals surface area contributed by atoms with E-state index in [-0.39, 0.29) is 54.6 Å². The fourth-order valence-electron chi connectivity index (χ4n) is 6.36. The minimum atomic E-state index is -5.02. The minimum Gasteiger partial charge on any atom is -0.493 e. The van der Waals surface area contributed by atoms with Gasteiger partial charge in [0.2, 0.25) is 17.3 Å². The van der Waals surface area contributed by atoms with Gasteiger partial charge in [0.1, 0.15) is 6.10 Å². The van der Waals surface area contributed by atoms with E-state index >= 15 is 0 Å². The molecule has 1 atom stereocenters. The molecular formula is C37H42F3N3O7. The first-order valence-corrected chi connectivity index (χ1v) is 16.4. The number of methoxy groups -OCH3 is 2. The highest BCUT2D eigenvalue weighted by atomic mass is 19.4. The molecule has 0 saturated carbocycles. The van der Waals surface area contributed by atoms with Crippen LogP contribution >= 0.6 is 0 Å². The average Bonchev–Trinajstić information content (AvgIpc) is 3.46. The first-order valence-electron chi connectivity index (χ1n) is 16.4. The van der Waals surface area contributed by atoms with Crippen molar-refractivity contribution in [3.8, 4) is 17.2 Å². The predicted molar refractivity (Wildman–Crippen MR) is 181 cm³/mol. The maximum absolute atomic E-state index is 15.0. The normalized spacial score (nSPS) is 15.4. The number of halogens is 3. The summed E-state index contributed by atoms with van der Waals surface area (Å²) in [7, 11) is 2.98. The van der Waals surface area contributed by atoms with Crippen molar-refractivity contribution >= 4 is 22.8 Å². The van der Waals surface area contributed by atoms with Gasteiger partial charge in [-0.2, -0.15) is 13.2 Å². The summed E-state index contributed by atoms with van der Waals surface area (Å²) in [5.41, 5.74) is 4.09. The Labute approximate surface area is 288 Å². The van der Waals surface area contributed by atoms with E-state index in [1.165, 1.54) is 38.6 Å². The molecule has 1 aromatic heterocycles. The molecule has 13 heteroatoms. The van der Waals surface area contributed by atoms with Crippen LogP contribution in [0.1, 0.15) is 53.2 Å². The van der Waals surface area contributed by atoms with Crippen LogP contribution in [-0.4, -0.2) is 79.2 Å². The van der Waals surface area contributed by atoms with Crippen LogP contribution in [0, 0.1) is 0 Å². The maximum Gasteiger partial charge on any atom is 0.422 e. The molecule has 0 bridgehead atoms. The zero-order valence-electron chi connectivity index (χ0n) is 28.3. The SMILES string of the molecule is CCOC(=O)CCc1cc(OC)c(OC2CCN(CC(O)(c3cn(Cc4ccccc4)c4cc(C(N)=O)ccc34)C(F)(F)F)CC2)c(OC)c1. The summed E-state index contributed by atoms with van der Waals surface area (Å²) in [5.74, 6) is 0.149. The van der Waals surface area contributed by atoms with Crippen LogP contribution in [0.4, 0.5) is 13.2 Å². The van der Waals surface area contributed by atoms with Crippen LogP contribution in [0.3, 0.4) is 0 Å². The number of piperidine rings is 1. The van der Waals surface area contributed by atoms with Crippen LogP contribution in [0.15, 0.2) is 66.9 Å². The monoisotopic (exact) mass is 697 g/mol. The Morgan fingerprint density at radius 2 is 1.62 bits per heavy atom. The van der Waals surface area contributed by atoms with Gasteiger partial charge in [0.25, 0.3) is 0 Å². The molecule has 0 radical (unpaired) electrons. The van der Waals surface area contributed by atoms with Gasteiger partial charge in [-0.25, -0.2) is 0 Å². The molecule has 0 aliphatic carbocycles. The summed E-state index contributed by atoms with van der Waals surface area (Å²) in [5, 5.41) is 11.8. The van der Waals surface area contributed by atoms with E-state index in [0.717, 1.165) is 11.1 Å². The number of nitrogens with two attached hydrogens (primary N) is 1. The molecule has 1 aliphatic heterocycles. The molecular weight excluding hydrogens is 655 g/mol. The Kier molecular flexibility index (Phi) is 11.3. The second-order valence-electron chi connectivity index (χ2n) is 12.3.